The second-order valence-electron chi connectivity index (χ2n) is 2.43. The highest BCUT2D eigenvalue weighted by molar-refractivity contribution is 5.97. The van der Waals surface area contributed by atoms with Crippen LogP contribution in [0, 0.1) is 0 Å². The Morgan fingerprint density at radius 2 is 2.00 bits per heavy atom. The molecule has 0 spiro atoms. The Morgan fingerprint density at radius 1 is 1.38 bits per heavy atom. The highest BCUT2D eigenvalue weighted by atomic mass is 19.1. The summed E-state index contributed by atoms with van der Waals surface area (Å²) in [6, 6.07) is 7.62. The summed E-state index contributed by atoms with van der Waals surface area (Å²) < 4.78 is 16.4. The van der Waals surface area contributed by atoms with Crippen LogP contribution < -0.4 is 0 Å². The maximum Gasteiger partial charge on any atom is 0.265 e. The average molecular weight is 180 g/mol. The molecule has 0 aromatic heterocycles. The predicted octanol–water partition coefficient (Wildman–Crippen LogP) is 2.33. The van der Waals surface area contributed by atoms with Crippen molar-refractivity contribution in [3.05, 3.63) is 48.5 Å². The number of hydrogen-bond donors (Lipinski definition) is 0. The molecule has 1 aromatic rings. The number of benzene rings is 1. The number of carbonyl (C=O) groups is 1. The van der Waals surface area contributed by atoms with E-state index in [1.165, 1.54) is 0 Å². The highest BCUT2D eigenvalue weighted by Gasteiger charge is 2.05. The molecule has 3 heteroatoms. The third-order valence-corrected chi connectivity index (χ3v) is 1.46. The molecule has 2 nitrogen and oxygen atoms in total. The zero-order valence-corrected chi connectivity index (χ0v) is 7.00. The van der Waals surface area contributed by atoms with Crippen LogP contribution >= 0.6 is 0 Å². The van der Waals surface area contributed by atoms with Gasteiger partial charge in [0.15, 0.2) is 12.4 Å². The molecule has 1 aromatic carbocycles. The van der Waals surface area contributed by atoms with Crippen molar-refractivity contribution in [3.8, 4) is 0 Å². The zero-order chi connectivity index (χ0) is 9.68. The highest BCUT2D eigenvalue weighted by Crippen LogP contribution is 2.02. The van der Waals surface area contributed by atoms with Crippen molar-refractivity contribution in [1.29, 1.82) is 0 Å². The van der Waals surface area contributed by atoms with E-state index in [9.17, 15) is 9.18 Å². The van der Waals surface area contributed by atoms with Gasteiger partial charge in [0.05, 0.1) is 0 Å². The molecule has 0 bridgehead atoms. The van der Waals surface area contributed by atoms with Gasteiger partial charge >= 0.3 is 0 Å². The predicted molar refractivity (Wildman–Crippen MR) is 47.0 cm³/mol. The van der Waals surface area contributed by atoms with Crippen molar-refractivity contribution >= 4 is 5.78 Å². The molecule has 0 unspecified atom stereocenters. The molecule has 0 atom stereocenters. The third-order valence-electron chi connectivity index (χ3n) is 1.46. The Morgan fingerprint density at radius 3 is 2.54 bits per heavy atom. The SMILES string of the molecule is C=C(F)OCC(=O)c1ccccc1. The van der Waals surface area contributed by atoms with E-state index in [4.69, 9.17) is 0 Å². The number of rotatable bonds is 4. The van der Waals surface area contributed by atoms with E-state index in [0.29, 0.717) is 5.56 Å². The van der Waals surface area contributed by atoms with Crippen molar-refractivity contribution in [2.75, 3.05) is 6.61 Å². The van der Waals surface area contributed by atoms with Crippen LogP contribution in [0.2, 0.25) is 0 Å². The van der Waals surface area contributed by atoms with Crippen molar-refractivity contribution in [2.45, 2.75) is 0 Å². The third kappa shape index (κ3) is 3.07. The van der Waals surface area contributed by atoms with Crippen LogP contribution in [0.25, 0.3) is 0 Å². The molecule has 0 N–H and O–H groups in total. The molecule has 0 heterocycles. The lowest BCUT2D eigenvalue weighted by molar-refractivity contribution is 0.0794. The summed E-state index contributed by atoms with van der Waals surface area (Å²) in [5.74, 6) is -0.264. The molecule has 0 amide bonds. The summed E-state index contributed by atoms with van der Waals surface area (Å²) >= 11 is 0. The van der Waals surface area contributed by atoms with Gasteiger partial charge in [-0.1, -0.05) is 30.3 Å². The number of ether oxygens (including phenoxy) is 1. The Labute approximate surface area is 75.6 Å². The maximum absolute atomic E-state index is 12.0. The van der Waals surface area contributed by atoms with Gasteiger partial charge < -0.3 is 4.74 Å². The first-order valence-electron chi connectivity index (χ1n) is 3.75. The number of ketones is 1. The van der Waals surface area contributed by atoms with Gasteiger partial charge in [-0.3, -0.25) is 4.79 Å². The number of carbonyl (C=O) groups excluding carboxylic acids is 1. The van der Waals surface area contributed by atoms with E-state index < -0.39 is 6.01 Å². The fourth-order valence-electron chi connectivity index (χ4n) is 0.851. The van der Waals surface area contributed by atoms with Gasteiger partial charge in [0.25, 0.3) is 6.01 Å². The Balaban J connectivity index is 2.54. The number of Topliss-reactive ketones (excluding diaryl/α,β-unsaturated/α-hetero) is 1. The van der Waals surface area contributed by atoms with Gasteiger partial charge in [-0.25, -0.2) is 0 Å². The summed E-state index contributed by atoms with van der Waals surface area (Å²) in [6.45, 7) is 2.57. The van der Waals surface area contributed by atoms with Gasteiger partial charge in [-0.05, 0) is 6.58 Å². The monoisotopic (exact) mass is 180 g/mol. The normalized spacial score (nSPS) is 9.31. The lowest BCUT2D eigenvalue weighted by Gasteiger charge is -2.00. The van der Waals surface area contributed by atoms with Crippen LogP contribution in [0.15, 0.2) is 42.9 Å². The molecule has 0 fully saturated rings. The van der Waals surface area contributed by atoms with Crippen molar-refractivity contribution in [1.82, 2.24) is 0 Å². The van der Waals surface area contributed by atoms with Gasteiger partial charge in [0.2, 0.25) is 0 Å². The lowest BCUT2D eigenvalue weighted by atomic mass is 10.1. The van der Waals surface area contributed by atoms with E-state index in [0.717, 1.165) is 0 Å². The molecule has 1 rings (SSSR count). The van der Waals surface area contributed by atoms with Crippen LogP contribution in [0.4, 0.5) is 4.39 Å². The van der Waals surface area contributed by atoms with E-state index in [1.54, 1.807) is 30.3 Å². The fraction of sp³-hybridized carbons (Fsp3) is 0.100. The molecular formula is C10H9FO2. The molecule has 0 aliphatic rings. The number of halogens is 1. The molecule has 0 radical (unpaired) electrons. The first-order valence-corrected chi connectivity index (χ1v) is 3.75. The first-order chi connectivity index (χ1) is 6.20. The number of hydrogen-bond acceptors (Lipinski definition) is 2. The minimum Gasteiger partial charge on any atom is -0.463 e. The Bertz CT molecular complexity index is 306. The summed E-state index contributed by atoms with van der Waals surface area (Å²) in [4.78, 5) is 11.2. The second-order valence-corrected chi connectivity index (χ2v) is 2.43. The van der Waals surface area contributed by atoms with E-state index >= 15 is 0 Å². The van der Waals surface area contributed by atoms with E-state index in [-0.39, 0.29) is 12.4 Å². The van der Waals surface area contributed by atoms with Crippen molar-refractivity contribution in [3.63, 3.8) is 0 Å². The molecule has 0 aliphatic heterocycles. The smallest absolute Gasteiger partial charge is 0.265 e. The summed E-state index contributed by atoms with van der Waals surface area (Å²) in [5.41, 5.74) is 0.503. The van der Waals surface area contributed by atoms with Gasteiger partial charge in [-0.15, -0.1) is 0 Å². The molecule has 0 saturated heterocycles. The topological polar surface area (TPSA) is 26.3 Å². The minimum atomic E-state index is -0.940. The van der Waals surface area contributed by atoms with Crippen LogP contribution in [0.1, 0.15) is 10.4 Å². The molecule has 68 valence electrons. The van der Waals surface area contributed by atoms with Gasteiger partial charge in [0.1, 0.15) is 0 Å². The van der Waals surface area contributed by atoms with Crippen LogP contribution in [-0.4, -0.2) is 12.4 Å². The van der Waals surface area contributed by atoms with Crippen molar-refractivity contribution in [2.24, 2.45) is 0 Å². The Hall–Kier alpha value is -1.64. The molecular weight excluding hydrogens is 171 g/mol. The molecule has 0 saturated carbocycles. The Kier molecular flexibility index (Phi) is 3.20. The van der Waals surface area contributed by atoms with Crippen LogP contribution in [0.5, 0.6) is 0 Å². The molecule has 0 aliphatic carbocycles. The van der Waals surface area contributed by atoms with Gasteiger partial charge in [0, 0.05) is 5.56 Å². The lowest BCUT2D eigenvalue weighted by Crippen LogP contribution is -2.07. The van der Waals surface area contributed by atoms with Gasteiger partial charge in [-0.2, -0.15) is 4.39 Å². The summed E-state index contributed by atoms with van der Waals surface area (Å²) in [7, 11) is 0. The van der Waals surface area contributed by atoms with E-state index in [2.05, 4.69) is 11.3 Å². The van der Waals surface area contributed by atoms with E-state index in [1.807, 2.05) is 0 Å². The van der Waals surface area contributed by atoms with Crippen LogP contribution in [0.3, 0.4) is 0 Å². The maximum atomic E-state index is 12.0. The zero-order valence-electron chi connectivity index (χ0n) is 7.00. The summed E-state index contributed by atoms with van der Waals surface area (Å²) in [6.07, 6.45) is 0. The largest absolute Gasteiger partial charge is 0.463 e. The fourth-order valence-corrected chi connectivity index (χ4v) is 0.851. The summed E-state index contributed by atoms with van der Waals surface area (Å²) in [5, 5.41) is 0. The average Bonchev–Trinajstić information content (AvgIpc) is 2.15. The minimum absolute atomic E-state index is 0.264. The quantitative estimate of drug-likeness (QED) is 0.525. The van der Waals surface area contributed by atoms with Crippen LogP contribution in [-0.2, 0) is 4.74 Å². The van der Waals surface area contributed by atoms with Crippen molar-refractivity contribution < 1.29 is 13.9 Å². The first kappa shape index (κ1) is 9.45. The second kappa shape index (κ2) is 4.40. The molecule has 13 heavy (non-hydrogen) atoms. The standard InChI is InChI=1S/C10H9FO2/c1-8(11)13-7-10(12)9-5-3-2-4-6-9/h2-6H,1,7H2.